The van der Waals surface area contributed by atoms with Gasteiger partial charge in [-0.3, -0.25) is 9.69 Å². The number of benzene rings is 3. The van der Waals surface area contributed by atoms with Crippen molar-refractivity contribution >= 4 is 17.5 Å². The fourth-order valence-electron chi connectivity index (χ4n) is 4.42. The molecule has 35 heavy (non-hydrogen) atoms. The number of nitriles is 1. The number of carbonyl (C=O) groups excluding carboxylic acids is 1. The normalized spacial score (nSPS) is 14.5. The molecule has 5 nitrogen and oxygen atoms in total. The average Bonchev–Trinajstić information content (AvgIpc) is 2.91. The maximum absolute atomic E-state index is 13.0. The Morgan fingerprint density at radius 1 is 0.914 bits per heavy atom. The van der Waals surface area contributed by atoms with E-state index in [0.29, 0.717) is 24.7 Å². The Kier molecular flexibility index (Phi) is 8.56. The molecule has 1 aliphatic heterocycles. The summed E-state index contributed by atoms with van der Waals surface area (Å²) >= 11 is 5.92. The van der Waals surface area contributed by atoms with E-state index >= 15 is 0 Å². The molecule has 0 aliphatic carbocycles. The average molecular weight is 485 g/mol. The standard InChI is InChI=1S/C29H29ClN4O/c30-27-13-11-23(12-14-27)15-16-32-22-26(21-31)29(35)34-19-17-33(18-20-34)28(24-7-3-1-4-8-24)25-9-5-2-6-10-25/h1-14,22,28,32H,15-20H2/b26-22-. The van der Waals surface area contributed by atoms with Crippen molar-refractivity contribution in [2.24, 2.45) is 0 Å². The lowest BCUT2D eigenvalue weighted by atomic mass is 9.96. The minimum absolute atomic E-state index is 0.134. The van der Waals surface area contributed by atoms with Crippen LogP contribution in [0.1, 0.15) is 22.7 Å². The summed E-state index contributed by atoms with van der Waals surface area (Å²) < 4.78 is 0. The van der Waals surface area contributed by atoms with E-state index < -0.39 is 0 Å². The van der Waals surface area contributed by atoms with E-state index in [1.807, 2.05) is 36.4 Å². The van der Waals surface area contributed by atoms with Gasteiger partial charge in [0.15, 0.2) is 0 Å². The molecule has 0 saturated carbocycles. The van der Waals surface area contributed by atoms with Gasteiger partial charge in [-0.1, -0.05) is 84.4 Å². The number of hydrogen-bond donors (Lipinski definition) is 1. The summed E-state index contributed by atoms with van der Waals surface area (Å²) in [6.45, 7) is 3.27. The lowest BCUT2D eigenvalue weighted by Crippen LogP contribution is -2.50. The summed E-state index contributed by atoms with van der Waals surface area (Å²) in [6, 6.07) is 30.8. The number of carbonyl (C=O) groups is 1. The van der Waals surface area contributed by atoms with Crippen molar-refractivity contribution in [3.05, 3.63) is 118 Å². The zero-order valence-electron chi connectivity index (χ0n) is 19.6. The SMILES string of the molecule is N#C/C(=C/NCCc1ccc(Cl)cc1)C(=O)N1CCN(C(c2ccccc2)c2ccccc2)CC1. The largest absolute Gasteiger partial charge is 0.389 e. The van der Waals surface area contributed by atoms with Crippen LogP contribution in [0.15, 0.2) is 96.7 Å². The highest BCUT2D eigenvalue weighted by Crippen LogP contribution is 2.29. The number of amides is 1. The second-order valence-corrected chi connectivity index (χ2v) is 8.99. The van der Waals surface area contributed by atoms with Crippen LogP contribution in [-0.4, -0.2) is 48.4 Å². The molecule has 178 valence electrons. The van der Waals surface area contributed by atoms with Crippen molar-refractivity contribution in [1.29, 1.82) is 5.26 Å². The molecule has 6 heteroatoms. The summed E-state index contributed by atoms with van der Waals surface area (Å²) in [5.41, 5.74) is 3.75. The van der Waals surface area contributed by atoms with E-state index in [-0.39, 0.29) is 17.5 Å². The molecule has 1 heterocycles. The van der Waals surface area contributed by atoms with Crippen LogP contribution in [-0.2, 0) is 11.2 Å². The third kappa shape index (κ3) is 6.51. The van der Waals surface area contributed by atoms with Gasteiger partial charge in [-0.25, -0.2) is 0 Å². The monoisotopic (exact) mass is 484 g/mol. The highest BCUT2D eigenvalue weighted by atomic mass is 35.5. The molecule has 0 atom stereocenters. The third-order valence-corrected chi connectivity index (χ3v) is 6.52. The molecule has 1 amide bonds. The predicted octanol–water partition coefficient (Wildman–Crippen LogP) is 4.81. The van der Waals surface area contributed by atoms with E-state index in [1.54, 1.807) is 11.1 Å². The van der Waals surface area contributed by atoms with E-state index in [2.05, 4.69) is 64.8 Å². The van der Waals surface area contributed by atoms with E-state index in [9.17, 15) is 10.1 Å². The first-order chi connectivity index (χ1) is 17.2. The minimum Gasteiger partial charge on any atom is -0.389 e. The molecule has 3 aromatic rings. The Morgan fingerprint density at radius 3 is 2.03 bits per heavy atom. The summed E-state index contributed by atoms with van der Waals surface area (Å²) in [5.74, 6) is -0.220. The second-order valence-electron chi connectivity index (χ2n) is 8.55. The molecular weight excluding hydrogens is 456 g/mol. The second kappa shape index (κ2) is 12.2. The fraction of sp³-hybridized carbons (Fsp3) is 0.241. The first-order valence-electron chi connectivity index (χ1n) is 11.9. The molecule has 0 radical (unpaired) electrons. The van der Waals surface area contributed by atoms with Crippen molar-refractivity contribution in [1.82, 2.24) is 15.1 Å². The highest BCUT2D eigenvalue weighted by molar-refractivity contribution is 6.30. The van der Waals surface area contributed by atoms with Gasteiger partial charge in [-0.15, -0.1) is 0 Å². The van der Waals surface area contributed by atoms with E-state index in [0.717, 1.165) is 25.1 Å². The Labute approximate surface area is 212 Å². The van der Waals surface area contributed by atoms with Crippen LogP contribution in [0.4, 0.5) is 0 Å². The molecular formula is C29H29ClN4O. The van der Waals surface area contributed by atoms with Gasteiger partial charge < -0.3 is 10.2 Å². The third-order valence-electron chi connectivity index (χ3n) is 6.27. The van der Waals surface area contributed by atoms with Crippen LogP contribution in [0, 0.1) is 11.3 Å². The van der Waals surface area contributed by atoms with Crippen LogP contribution < -0.4 is 5.32 Å². The summed E-state index contributed by atoms with van der Waals surface area (Å²) in [5, 5.41) is 13.4. The maximum atomic E-state index is 13.0. The topological polar surface area (TPSA) is 59.4 Å². The molecule has 0 spiro atoms. The number of rotatable bonds is 8. The number of halogens is 1. The fourth-order valence-corrected chi connectivity index (χ4v) is 4.55. The summed E-state index contributed by atoms with van der Waals surface area (Å²) in [6.07, 6.45) is 2.32. The molecule has 1 N–H and O–H groups in total. The van der Waals surface area contributed by atoms with Crippen LogP contribution in [0.25, 0.3) is 0 Å². The van der Waals surface area contributed by atoms with Gasteiger partial charge in [0.2, 0.25) is 0 Å². The molecule has 0 aromatic heterocycles. The Morgan fingerprint density at radius 2 is 1.49 bits per heavy atom. The van der Waals surface area contributed by atoms with Gasteiger partial charge in [-0.2, -0.15) is 5.26 Å². The molecule has 3 aromatic carbocycles. The Hall–Kier alpha value is -3.59. The number of piperazine rings is 1. The minimum atomic E-state index is -0.220. The number of hydrogen-bond acceptors (Lipinski definition) is 4. The molecule has 1 fully saturated rings. The summed E-state index contributed by atoms with van der Waals surface area (Å²) in [7, 11) is 0. The molecule has 1 aliphatic rings. The maximum Gasteiger partial charge on any atom is 0.266 e. The Bertz CT molecular complexity index is 1130. The lowest BCUT2D eigenvalue weighted by molar-refractivity contribution is -0.128. The van der Waals surface area contributed by atoms with Gasteiger partial charge in [0.1, 0.15) is 11.6 Å². The highest BCUT2D eigenvalue weighted by Gasteiger charge is 2.29. The molecule has 4 rings (SSSR count). The number of nitrogens with zero attached hydrogens (tertiary/aromatic N) is 3. The summed E-state index contributed by atoms with van der Waals surface area (Å²) in [4.78, 5) is 17.2. The quantitative estimate of drug-likeness (QED) is 0.283. The number of nitrogens with one attached hydrogen (secondary N) is 1. The molecule has 0 unspecified atom stereocenters. The van der Waals surface area contributed by atoms with Crippen molar-refractivity contribution in [2.75, 3.05) is 32.7 Å². The first-order valence-corrected chi connectivity index (χ1v) is 12.2. The van der Waals surface area contributed by atoms with Crippen molar-refractivity contribution in [3.63, 3.8) is 0 Å². The van der Waals surface area contributed by atoms with Crippen molar-refractivity contribution < 1.29 is 4.79 Å². The van der Waals surface area contributed by atoms with Crippen molar-refractivity contribution in [2.45, 2.75) is 12.5 Å². The van der Waals surface area contributed by atoms with Gasteiger partial charge in [-0.05, 0) is 35.2 Å². The zero-order valence-corrected chi connectivity index (χ0v) is 20.4. The van der Waals surface area contributed by atoms with Crippen LogP contribution in [0.3, 0.4) is 0 Å². The molecule has 0 bridgehead atoms. The van der Waals surface area contributed by atoms with Gasteiger partial charge in [0, 0.05) is 43.9 Å². The lowest BCUT2D eigenvalue weighted by Gasteiger charge is -2.39. The predicted molar refractivity (Wildman–Crippen MR) is 140 cm³/mol. The van der Waals surface area contributed by atoms with Crippen LogP contribution in [0.2, 0.25) is 5.02 Å². The van der Waals surface area contributed by atoms with Crippen LogP contribution >= 0.6 is 11.6 Å². The first kappa shape index (κ1) is 24.5. The van der Waals surface area contributed by atoms with E-state index in [4.69, 9.17) is 11.6 Å². The Balaban J connectivity index is 1.35. The van der Waals surface area contributed by atoms with Gasteiger partial charge >= 0.3 is 0 Å². The van der Waals surface area contributed by atoms with Gasteiger partial charge in [0.05, 0.1) is 6.04 Å². The smallest absolute Gasteiger partial charge is 0.266 e. The van der Waals surface area contributed by atoms with Gasteiger partial charge in [0.25, 0.3) is 5.91 Å². The van der Waals surface area contributed by atoms with Crippen LogP contribution in [0.5, 0.6) is 0 Å². The molecule has 1 saturated heterocycles. The van der Waals surface area contributed by atoms with Crippen molar-refractivity contribution in [3.8, 4) is 6.07 Å². The zero-order chi connectivity index (χ0) is 24.5. The van der Waals surface area contributed by atoms with E-state index in [1.165, 1.54) is 11.1 Å².